The number of para-hydroxylation sites is 1. The van der Waals surface area contributed by atoms with Crippen LogP contribution in [0.3, 0.4) is 0 Å². The van der Waals surface area contributed by atoms with Crippen molar-refractivity contribution < 1.29 is 4.79 Å². The fraction of sp³-hybridized carbons (Fsp3) is 0.708. The summed E-state index contributed by atoms with van der Waals surface area (Å²) in [7, 11) is 0. The maximum Gasteiger partial charge on any atom is 0.222 e. The quantitative estimate of drug-likeness (QED) is 0.767. The van der Waals surface area contributed by atoms with E-state index < -0.39 is 0 Å². The van der Waals surface area contributed by atoms with Gasteiger partial charge < -0.3 is 9.80 Å². The summed E-state index contributed by atoms with van der Waals surface area (Å²) in [6.45, 7) is 8.55. The Hall–Kier alpha value is -1.55. The first-order valence-electron chi connectivity index (χ1n) is 11.5. The number of carbonyl (C=O) groups is 1. The molecule has 1 atom stereocenters. The van der Waals surface area contributed by atoms with Crippen LogP contribution in [0.4, 0.5) is 5.69 Å². The number of hydrogen-bond acceptors (Lipinski definition) is 3. The molecule has 4 nitrogen and oxygen atoms in total. The predicted octanol–water partition coefficient (Wildman–Crippen LogP) is 4.08. The van der Waals surface area contributed by atoms with E-state index in [9.17, 15) is 4.79 Å². The summed E-state index contributed by atoms with van der Waals surface area (Å²) in [6, 6.07) is 9.28. The summed E-state index contributed by atoms with van der Waals surface area (Å²) in [6.07, 6.45) is 9.75. The van der Waals surface area contributed by atoms with Crippen molar-refractivity contribution >= 4 is 11.6 Å². The molecule has 2 heterocycles. The number of nitrogens with zero attached hydrogens (tertiary/aromatic N) is 3. The van der Waals surface area contributed by atoms with E-state index in [1.165, 1.54) is 43.4 Å². The van der Waals surface area contributed by atoms with Crippen LogP contribution in [0.15, 0.2) is 24.3 Å². The summed E-state index contributed by atoms with van der Waals surface area (Å²) < 4.78 is 0. The van der Waals surface area contributed by atoms with E-state index >= 15 is 0 Å². The van der Waals surface area contributed by atoms with Crippen LogP contribution >= 0.6 is 0 Å². The molecule has 4 rings (SSSR count). The number of amides is 1. The summed E-state index contributed by atoms with van der Waals surface area (Å²) >= 11 is 0. The van der Waals surface area contributed by atoms with Gasteiger partial charge in [0.15, 0.2) is 0 Å². The molecule has 4 heteroatoms. The van der Waals surface area contributed by atoms with E-state index in [4.69, 9.17) is 0 Å². The zero-order valence-electron chi connectivity index (χ0n) is 17.6. The molecule has 0 spiro atoms. The van der Waals surface area contributed by atoms with E-state index in [0.29, 0.717) is 11.9 Å². The largest absolute Gasteiger partial charge is 0.369 e. The maximum atomic E-state index is 12.8. The zero-order valence-corrected chi connectivity index (χ0v) is 17.6. The Labute approximate surface area is 170 Å². The van der Waals surface area contributed by atoms with Crippen molar-refractivity contribution in [1.29, 1.82) is 0 Å². The minimum Gasteiger partial charge on any atom is -0.369 e. The van der Waals surface area contributed by atoms with E-state index in [0.717, 1.165) is 64.4 Å². The smallest absolute Gasteiger partial charge is 0.222 e. The van der Waals surface area contributed by atoms with Gasteiger partial charge in [-0.2, -0.15) is 0 Å². The lowest BCUT2D eigenvalue weighted by Crippen LogP contribution is -2.56. The molecule has 1 unspecified atom stereocenters. The van der Waals surface area contributed by atoms with Gasteiger partial charge in [0, 0.05) is 57.4 Å². The highest BCUT2D eigenvalue weighted by Crippen LogP contribution is 2.29. The maximum absolute atomic E-state index is 12.8. The molecule has 2 aliphatic heterocycles. The molecule has 0 N–H and O–H groups in total. The fourth-order valence-electron chi connectivity index (χ4n) is 5.51. The van der Waals surface area contributed by atoms with Crippen molar-refractivity contribution in [1.82, 2.24) is 9.80 Å². The second-order valence-corrected chi connectivity index (χ2v) is 9.13. The molecule has 3 aliphatic rings. The van der Waals surface area contributed by atoms with Crippen LogP contribution in [0.5, 0.6) is 0 Å². The Bertz CT molecular complexity index is 647. The Balaban J connectivity index is 1.25. The molecule has 0 bridgehead atoms. The number of piperazine rings is 1. The standard InChI is InChI=1S/C24H37N3O/c1-20-7-2-5-11-23(20)26-17-15-25(16-18-26)22-10-6-14-27(19-22)24(28)13-12-21-8-3-4-9-21/h2,5,7,11,21-22H,3-4,6,8-10,12-19H2,1H3. The first-order valence-corrected chi connectivity index (χ1v) is 11.5. The Morgan fingerprint density at radius 1 is 0.964 bits per heavy atom. The first-order chi connectivity index (χ1) is 13.7. The lowest BCUT2D eigenvalue weighted by molar-refractivity contribution is -0.133. The highest BCUT2D eigenvalue weighted by Gasteiger charge is 2.30. The number of anilines is 1. The highest BCUT2D eigenvalue weighted by atomic mass is 16.2. The molecule has 1 aromatic carbocycles. The predicted molar refractivity (Wildman–Crippen MR) is 116 cm³/mol. The molecule has 0 radical (unpaired) electrons. The van der Waals surface area contributed by atoms with Gasteiger partial charge in [-0.15, -0.1) is 0 Å². The second-order valence-electron chi connectivity index (χ2n) is 9.13. The minimum absolute atomic E-state index is 0.412. The number of carbonyl (C=O) groups excluding carboxylic acids is 1. The van der Waals surface area contributed by atoms with Gasteiger partial charge >= 0.3 is 0 Å². The number of likely N-dealkylation sites (tertiary alicyclic amines) is 1. The minimum atomic E-state index is 0.412. The monoisotopic (exact) mass is 383 g/mol. The lowest BCUT2D eigenvalue weighted by Gasteiger charge is -2.44. The summed E-state index contributed by atoms with van der Waals surface area (Å²) in [5.74, 6) is 1.23. The number of aryl methyl sites for hydroxylation is 1. The summed E-state index contributed by atoms with van der Waals surface area (Å²) in [4.78, 5) is 20.1. The van der Waals surface area contributed by atoms with Crippen LogP contribution in [0.1, 0.15) is 56.9 Å². The Kier molecular flexibility index (Phi) is 6.56. The third-order valence-corrected chi connectivity index (χ3v) is 7.28. The molecule has 2 saturated heterocycles. The van der Waals surface area contributed by atoms with Gasteiger partial charge in [0.2, 0.25) is 5.91 Å². The Morgan fingerprint density at radius 2 is 1.71 bits per heavy atom. The van der Waals surface area contributed by atoms with Gasteiger partial charge in [-0.05, 0) is 43.7 Å². The van der Waals surface area contributed by atoms with E-state index in [-0.39, 0.29) is 0 Å². The van der Waals surface area contributed by atoms with Crippen molar-refractivity contribution in [2.24, 2.45) is 5.92 Å². The topological polar surface area (TPSA) is 26.8 Å². The van der Waals surface area contributed by atoms with Gasteiger partial charge in [0.25, 0.3) is 0 Å². The van der Waals surface area contributed by atoms with Crippen LogP contribution < -0.4 is 4.90 Å². The third-order valence-electron chi connectivity index (χ3n) is 7.28. The van der Waals surface area contributed by atoms with Crippen molar-refractivity contribution in [3.8, 4) is 0 Å². The average Bonchev–Trinajstić information content (AvgIpc) is 3.26. The van der Waals surface area contributed by atoms with Crippen molar-refractivity contribution in [2.75, 3.05) is 44.2 Å². The molecule has 154 valence electrons. The molecule has 3 fully saturated rings. The van der Waals surface area contributed by atoms with Gasteiger partial charge in [0.05, 0.1) is 0 Å². The van der Waals surface area contributed by atoms with Gasteiger partial charge in [-0.25, -0.2) is 0 Å². The molecule has 1 saturated carbocycles. The Morgan fingerprint density at radius 3 is 2.46 bits per heavy atom. The lowest BCUT2D eigenvalue weighted by atomic mass is 9.99. The number of hydrogen-bond donors (Lipinski definition) is 0. The van der Waals surface area contributed by atoms with Crippen molar-refractivity contribution in [2.45, 2.75) is 64.3 Å². The molecular weight excluding hydrogens is 346 g/mol. The van der Waals surface area contributed by atoms with E-state index in [1.807, 2.05) is 0 Å². The second kappa shape index (κ2) is 9.30. The summed E-state index contributed by atoms with van der Waals surface area (Å²) in [5, 5.41) is 0. The fourth-order valence-corrected chi connectivity index (χ4v) is 5.51. The zero-order chi connectivity index (χ0) is 19.3. The van der Waals surface area contributed by atoms with E-state index in [1.54, 1.807) is 0 Å². The molecule has 28 heavy (non-hydrogen) atoms. The van der Waals surface area contributed by atoms with Crippen LogP contribution in [-0.2, 0) is 4.79 Å². The van der Waals surface area contributed by atoms with Gasteiger partial charge in [0.1, 0.15) is 0 Å². The van der Waals surface area contributed by atoms with Crippen LogP contribution in [0.25, 0.3) is 0 Å². The SMILES string of the molecule is Cc1ccccc1N1CCN(C2CCCN(C(=O)CCC3CCCC3)C2)CC1. The molecule has 1 aliphatic carbocycles. The van der Waals surface area contributed by atoms with Gasteiger partial charge in [-0.3, -0.25) is 9.69 Å². The average molecular weight is 384 g/mol. The molecular formula is C24H37N3O. The van der Waals surface area contributed by atoms with Gasteiger partial charge in [-0.1, -0.05) is 43.9 Å². The van der Waals surface area contributed by atoms with Crippen molar-refractivity contribution in [3.63, 3.8) is 0 Å². The highest BCUT2D eigenvalue weighted by molar-refractivity contribution is 5.76. The number of piperidine rings is 1. The van der Waals surface area contributed by atoms with Crippen LogP contribution in [-0.4, -0.2) is 61.0 Å². The summed E-state index contributed by atoms with van der Waals surface area (Å²) in [5.41, 5.74) is 2.75. The number of benzene rings is 1. The number of rotatable bonds is 5. The van der Waals surface area contributed by atoms with Crippen LogP contribution in [0, 0.1) is 12.8 Å². The molecule has 0 aromatic heterocycles. The third kappa shape index (κ3) is 4.71. The normalized spacial score (nSPS) is 24.7. The first kappa shape index (κ1) is 19.8. The molecule has 1 amide bonds. The van der Waals surface area contributed by atoms with Crippen LogP contribution in [0.2, 0.25) is 0 Å². The molecule has 1 aromatic rings. The van der Waals surface area contributed by atoms with Crippen molar-refractivity contribution in [3.05, 3.63) is 29.8 Å². The van der Waals surface area contributed by atoms with E-state index in [2.05, 4.69) is 45.9 Å².